The van der Waals surface area contributed by atoms with E-state index in [1.807, 2.05) is 0 Å². The highest BCUT2D eigenvalue weighted by Gasteiger charge is 2.48. The van der Waals surface area contributed by atoms with E-state index in [4.69, 9.17) is 10.1 Å². The number of aromatic hydroxyl groups is 1. The van der Waals surface area contributed by atoms with Crippen LogP contribution in [0.5, 0.6) is 5.75 Å². The molecule has 1 saturated heterocycles. The van der Waals surface area contributed by atoms with Gasteiger partial charge in [-0.1, -0.05) is 32.8 Å². The lowest BCUT2D eigenvalue weighted by atomic mass is 10.1. The third kappa shape index (κ3) is 7.54. The second kappa shape index (κ2) is 11.8. The molecule has 0 saturated carbocycles. The van der Waals surface area contributed by atoms with Crippen LogP contribution in [0.15, 0.2) is 23.3 Å². The number of nitrogens with one attached hydrogen (secondary N) is 1. The van der Waals surface area contributed by atoms with Crippen LogP contribution in [0.3, 0.4) is 0 Å². The Hall–Kier alpha value is -2.98. The van der Waals surface area contributed by atoms with Gasteiger partial charge in [-0.15, -0.1) is 5.06 Å². The number of carbonyl (C=O) groups excluding carboxylic acids is 4. The van der Waals surface area contributed by atoms with Crippen LogP contribution in [0.2, 0.25) is 0 Å². The summed E-state index contributed by atoms with van der Waals surface area (Å²) in [6.07, 6.45) is -1.000. The molecular formula is C16H17N5O9S3. The molecule has 1 heterocycles. The highest BCUT2D eigenvalue weighted by Crippen LogP contribution is 2.25. The summed E-state index contributed by atoms with van der Waals surface area (Å²) >= 11 is 0. The molecule has 33 heavy (non-hydrogen) atoms. The smallest absolute Gasteiger partial charge is 0.334 e. The quantitative estimate of drug-likeness (QED) is 0.0720. The maximum atomic E-state index is 12.1. The third-order valence-corrected chi connectivity index (χ3v) is 7.44. The van der Waals surface area contributed by atoms with Crippen molar-refractivity contribution >= 4 is 61.1 Å². The van der Waals surface area contributed by atoms with Crippen molar-refractivity contribution in [2.24, 2.45) is 5.11 Å². The Morgan fingerprint density at radius 3 is 2.61 bits per heavy atom. The minimum Gasteiger partial charge on any atom is -0.507 e. The van der Waals surface area contributed by atoms with Gasteiger partial charge in [0.1, 0.15) is 5.75 Å². The Balaban J connectivity index is 1.64. The molecule has 1 aliphatic rings. The number of hydrogen-bond donors (Lipinski definition) is 3. The van der Waals surface area contributed by atoms with Gasteiger partial charge in [0.15, 0.2) is 5.25 Å². The summed E-state index contributed by atoms with van der Waals surface area (Å²) in [5.41, 5.74) is 8.52. The van der Waals surface area contributed by atoms with E-state index in [0.29, 0.717) is 5.75 Å². The van der Waals surface area contributed by atoms with Crippen molar-refractivity contribution in [1.29, 1.82) is 0 Å². The Labute approximate surface area is 194 Å². The monoisotopic (exact) mass is 519 g/mol. The fraction of sp³-hybridized carbons (Fsp3) is 0.375. The molecule has 0 aromatic heterocycles. The van der Waals surface area contributed by atoms with Crippen molar-refractivity contribution in [1.82, 2.24) is 10.4 Å². The van der Waals surface area contributed by atoms with Crippen molar-refractivity contribution in [3.8, 4) is 5.75 Å². The lowest BCUT2D eigenvalue weighted by molar-refractivity contribution is -0.197. The summed E-state index contributed by atoms with van der Waals surface area (Å²) < 4.78 is 31.0. The number of benzene rings is 1. The van der Waals surface area contributed by atoms with E-state index in [2.05, 4.69) is 20.2 Å². The molecule has 1 unspecified atom stereocenters. The molecule has 1 aromatic carbocycles. The highest BCUT2D eigenvalue weighted by atomic mass is 33.1. The largest absolute Gasteiger partial charge is 0.507 e. The van der Waals surface area contributed by atoms with E-state index < -0.39 is 45.5 Å². The molecule has 14 nitrogen and oxygen atoms in total. The molecule has 1 aliphatic heterocycles. The van der Waals surface area contributed by atoms with Gasteiger partial charge in [-0.2, -0.15) is 8.42 Å². The number of carbonyl (C=O) groups is 4. The number of rotatable bonds is 11. The second-order valence-corrected chi connectivity index (χ2v) is 10.5. The number of nitrogens with zero attached hydrogens (tertiary/aromatic N) is 4. The van der Waals surface area contributed by atoms with Crippen molar-refractivity contribution in [3.05, 3.63) is 34.2 Å². The third-order valence-electron chi connectivity index (χ3n) is 3.94. The minimum absolute atomic E-state index is 0.00883. The average molecular weight is 520 g/mol. The zero-order valence-corrected chi connectivity index (χ0v) is 19.1. The molecule has 1 atom stereocenters. The average Bonchev–Trinajstić information content (AvgIpc) is 3.01. The topological polar surface area (TPSA) is 216 Å². The van der Waals surface area contributed by atoms with Crippen LogP contribution < -0.4 is 5.32 Å². The summed E-state index contributed by atoms with van der Waals surface area (Å²) in [7, 11) is -2.23. The minimum atomic E-state index is -4.79. The zero-order chi connectivity index (χ0) is 24.6. The van der Waals surface area contributed by atoms with Crippen molar-refractivity contribution in [2.75, 3.05) is 18.1 Å². The van der Waals surface area contributed by atoms with Crippen LogP contribution in [-0.2, 0) is 29.3 Å². The fourth-order valence-corrected chi connectivity index (χ4v) is 5.01. The van der Waals surface area contributed by atoms with Gasteiger partial charge in [-0.05, 0) is 17.7 Å². The molecule has 0 radical (unpaired) electrons. The number of phenolic OH excluding ortho intramolecular Hbond substituents is 1. The standard InChI is InChI=1S/C16H17N5O9S3/c17-20-19-9-1-2-10(11(22)7-9)15(25)18-4-6-32-31-5-3-14(24)30-21-13(23)8-12(16(21)26)33(27,28)29/h1-2,7,12,22H,3-6,8H2,(H,18,25)(H,27,28,29). The Bertz CT molecular complexity index is 1100. The van der Waals surface area contributed by atoms with Crippen LogP contribution in [0.25, 0.3) is 10.4 Å². The Morgan fingerprint density at radius 1 is 1.30 bits per heavy atom. The number of hydrogen-bond acceptors (Lipinski definition) is 11. The molecule has 0 aliphatic carbocycles. The number of azide groups is 1. The molecule has 1 fully saturated rings. The van der Waals surface area contributed by atoms with Gasteiger partial charge < -0.3 is 15.3 Å². The Morgan fingerprint density at radius 2 is 2.00 bits per heavy atom. The predicted octanol–water partition coefficient (Wildman–Crippen LogP) is 1.31. The maximum absolute atomic E-state index is 12.1. The van der Waals surface area contributed by atoms with Gasteiger partial charge in [0.2, 0.25) is 0 Å². The SMILES string of the molecule is [N-]=[N+]=Nc1ccc(C(=O)NCCSSCCC(=O)ON2C(=O)CC(S(=O)(=O)O)C2=O)c(O)c1. The number of phenols is 1. The van der Waals surface area contributed by atoms with E-state index in [1.54, 1.807) is 0 Å². The first kappa shape index (κ1) is 26.3. The summed E-state index contributed by atoms with van der Waals surface area (Å²) in [4.78, 5) is 54.4. The first-order valence-corrected chi connectivity index (χ1v) is 13.0. The summed E-state index contributed by atoms with van der Waals surface area (Å²) in [5, 5.41) is 13.8. The molecule has 0 spiro atoms. The first-order valence-electron chi connectivity index (χ1n) is 8.99. The lowest BCUT2D eigenvalue weighted by Crippen LogP contribution is -2.36. The lowest BCUT2D eigenvalue weighted by Gasteiger charge is -2.13. The van der Waals surface area contributed by atoms with Crippen molar-refractivity contribution in [2.45, 2.75) is 18.1 Å². The van der Waals surface area contributed by atoms with E-state index in [0.717, 1.165) is 6.07 Å². The molecule has 0 bridgehead atoms. The van der Waals surface area contributed by atoms with Gasteiger partial charge in [0.25, 0.3) is 27.8 Å². The van der Waals surface area contributed by atoms with E-state index in [1.165, 1.54) is 33.7 Å². The van der Waals surface area contributed by atoms with Crippen LogP contribution in [-0.4, -0.2) is 70.1 Å². The number of imide groups is 1. The van der Waals surface area contributed by atoms with Crippen LogP contribution in [0.4, 0.5) is 5.69 Å². The summed E-state index contributed by atoms with van der Waals surface area (Å²) in [6.45, 7) is 0.242. The van der Waals surface area contributed by atoms with E-state index in [9.17, 15) is 32.7 Å². The first-order chi connectivity index (χ1) is 15.5. The molecule has 3 amide bonds. The van der Waals surface area contributed by atoms with Gasteiger partial charge in [-0.25, -0.2) is 4.79 Å². The van der Waals surface area contributed by atoms with E-state index >= 15 is 0 Å². The summed E-state index contributed by atoms with van der Waals surface area (Å²) in [6, 6.07) is 3.85. The molecule has 2 rings (SSSR count). The van der Waals surface area contributed by atoms with Gasteiger partial charge in [0, 0.05) is 28.6 Å². The van der Waals surface area contributed by atoms with Gasteiger partial charge in [0.05, 0.1) is 18.4 Å². The van der Waals surface area contributed by atoms with E-state index in [-0.39, 0.29) is 40.8 Å². The Kier molecular flexibility index (Phi) is 9.36. The van der Waals surface area contributed by atoms with Crippen LogP contribution in [0.1, 0.15) is 23.2 Å². The van der Waals surface area contributed by atoms with Crippen molar-refractivity contribution < 1.29 is 42.1 Å². The predicted molar refractivity (Wildman–Crippen MR) is 117 cm³/mol. The van der Waals surface area contributed by atoms with Crippen LogP contribution in [0, 0.1) is 0 Å². The normalized spacial score (nSPS) is 15.8. The molecule has 1 aromatic rings. The maximum Gasteiger partial charge on any atom is 0.334 e. The highest BCUT2D eigenvalue weighted by molar-refractivity contribution is 8.76. The zero-order valence-electron chi connectivity index (χ0n) is 16.6. The van der Waals surface area contributed by atoms with Crippen LogP contribution >= 0.6 is 21.6 Å². The van der Waals surface area contributed by atoms with Crippen molar-refractivity contribution in [3.63, 3.8) is 0 Å². The molecule has 178 valence electrons. The fourth-order valence-electron chi connectivity index (χ4n) is 2.43. The summed E-state index contributed by atoms with van der Waals surface area (Å²) in [5.74, 6) is -3.50. The number of amides is 3. The second-order valence-electron chi connectivity index (χ2n) is 6.24. The molecular weight excluding hydrogens is 502 g/mol. The van der Waals surface area contributed by atoms with Gasteiger partial charge >= 0.3 is 5.97 Å². The molecule has 17 heteroatoms. The van der Waals surface area contributed by atoms with Gasteiger partial charge in [-0.3, -0.25) is 18.9 Å². The molecule has 3 N–H and O–H groups in total. The number of hydroxylamine groups is 2.